The summed E-state index contributed by atoms with van der Waals surface area (Å²) in [6, 6.07) is 4.03. The van der Waals surface area contributed by atoms with Crippen LogP contribution in [0.2, 0.25) is 0 Å². The van der Waals surface area contributed by atoms with E-state index in [4.69, 9.17) is 4.74 Å². The molecule has 1 aliphatic rings. The van der Waals surface area contributed by atoms with Crippen LogP contribution >= 0.6 is 0 Å². The summed E-state index contributed by atoms with van der Waals surface area (Å²) in [5.41, 5.74) is 2.40. The number of allylic oxidation sites excluding steroid dienone is 1. The number of rotatable bonds is 4. The van der Waals surface area contributed by atoms with Crippen LogP contribution in [0.1, 0.15) is 43.8 Å². The third-order valence-electron chi connectivity index (χ3n) is 3.40. The van der Waals surface area contributed by atoms with E-state index in [9.17, 15) is 0 Å². The average Bonchev–Trinajstić information content (AvgIpc) is 2.70. The second kappa shape index (κ2) is 6.50. The smallest absolute Gasteiger partial charge is 0.233 e. The van der Waals surface area contributed by atoms with Crippen LogP contribution in [0.25, 0.3) is 0 Å². The molecule has 98 valence electrons. The Labute approximate surface area is 108 Å². The SMILES string of the molecule is CNC(C1=CCCCCC1)c1ccc(OC)nn1. The van der Waals surface area contributed by atoms with Crippen LogP contribution in [0.15, 0.2) is 23.8 Å². The van der Waals surface area contributed by atoms with Crippen LogP contribution in [0, 0.1) is 0 Å². The summed E-state index contributed by atoms with van der Waals surface area (Å²) >= 11 is 0. The number of aromatic nitrogens is 2. The molecule has 0 spiro atoms. The van der Waals surface area contributed by atoms with Gasteiger partial charge in [0, 0.05) is 6.07 Å². The molecule has 0 saturated carbocycles. The van der Waals surface area contributed by atoms with Gasteiger partial charge in [0.1, 0.15) is 0 Å². The number of nitrogens with zero attached hydrogens (tertiary/aromatic N) is 2. The second-order valence-electron chi connectivity index (χ2n) is 4.60. The molecule has 1 aromatic heterocycles. The van der Waals surface area contributed by atoms with E-state index in [0.717, 1.165) is 12.1 Å². The lowest BCUT2D eigenvalue weighted by atomic mass is 9.99. The maximum Gasteiger partial charge on any atom is 0.233 e. The molecule has 0 radical (unpaired) electrons. The van der Waals surface area contributed by atoms with E-state index in [2.05, 4.69) is 21.6 Å². The summed E-state index contributed by atoms with van der Waals surface area (Å²) in [5.74, 6) is 0.559. The first-order chi connectivity index (χ1) is 8.85. The van der Waals surface area contributed by atoms with Crippen molar-refractivity contribution < 1.29 is 4.74 Å². The third kappa shape index (κ3) is 3.07. The Morgan fingerprint density at radius 3 is 2.78 bits per heavy atom. The summed E-state index contributed by atoms with van der Waals surface area (Å²) < 4.78 is 5.04. The molecule has 1 unspecified atom stereocenters. The molecule has 1 atom stereocenters. The van der Waals surface area contributed by atoms with Gasteiger partial charge in [0.15, 0.2) is 0 Å². The summed E-state index contributed by atoms with van der Waals surface area (Å²) in [6.07, 6.45) is 8.59. The first-order valence-corrected chi connectivity index (χ1v) is 6.59. The Bertz CT molecular complexity index is 400. The molecule has 2 rings (SSSR count). The fourth-order valence-corrected chi connectivity index (χ4v) is 2.42. The minimum absolute atomic E-state index is 0.182. The van der Waals surface area contributed by atoms with Crippen molar-refractivity contribution >= 4 is 0 Å². The Balaban J connectivity index is 2.18. The summed E-state index contributed by atoms with van der Waals surface area (Å²) in [7, 11) is 3.58. The highest BCUT2D eigenvalue weighted by molar-refractivity contribution is 5.24. The van der Waals surface area contributed by atoms with Gasteiger partial charge in [-0.3, -0.25) is 0 Å². The number of methoxy groups -OCH3 is 1. The maximum absolute atomic E-state index is 5.04. The normalized spacial score (nSPS) is 17.8. The van der Waals surface area contributed by atoms with E-state index in [1.807, 2.05) is 19.2 Å². The van der Waals surface area contributed by atoms with E-state index in [1.165, 1.54) is 31.3 Å². The van der Waals surface area contributed by atoms with Gasteiger partial charge < -0.3 is 10.1 Å². The average molecular weight is 247 g/mol. The molecule has 4 heteroatoms. The lowest BCUT2D eigenvalue weighted by Gasteiger charge is -2.18. The van der Waals surface area contributed by atoms with Gasteiger partial charge in [-0.05, 0) is 38.8 Å². The summed E-state index contributed by atoms with van der Waals surface area (Å²) in [5, 5.41) is 11.6. The van der Waals surface area contributed by atoms with Crippen LogP contribution in [0.3, 0.4) is 0 Å². The molecule has 0 fully saturated rings. The van der Waals surface area contributed by atoms with Crippen LogP contribution in [0.4, 0.5) is 0 Å². The number of ether oxygens (including phenoxy) is 1. The van der Waals surface area contributed by atoms with E-state index >= 15 is 0 Å². The molecule has 0 amide bonds. The molecule has 1 aliphatic carbocycles. The van der Waals surface area contributed by atoms with Gasteiger partial charge in [-0.15, -0.1) is 10.2 Å². The van der Waals surface area contributed by atoms with Crippen molar-refractivity contribution in [3.63, 3.8) is 0 Å². The highest BCUT2D eigenvalue weighted by atomic mass is 16.5. The van der Waals surface area contributed by atoms with Gasteiger partial charge in [0.05, 0.1) is 18.8 Å². The molecular formula is C14H21N3O. The predicted octanol–water partition coefficient (Wildman–Crippen LogP) is 2.64. The van der Waals surface area contributed by atoms with Crippen molar-refractivity contribution in [1.29, 1.82) is 0 Å². The molecule has 0 bridgehead atoms. The highest BCUT2D eigenvalue weighted by Gasteiger charge is 2.17. The molecule has 18 heavy (non-hydrogen) atoms. The van der Waals surface area contributed by atoms with Crippen molar-refractivity contribution in [3.8, 4) is 5.88 Å². The van der Waals surface area contributed by atoms with Gasteiger partial charge in [-0.1, -0.05) is 18.1 Å². The van der Waals surface area contributed by atoms with Crippen LogP contribution in [-0.2, 0) is 0 Å². The van der Waals surface area contributed by atoms with Crippen molar-refractivity contribution in [2.45, 2.75) is 38.1 Å². The Kier molecular flexibility index (Phi) is 4.70. The lowest BCUT2D eigenvalue weighted by molar-refractivity contribution is 0.390. The minimum Gasteiger partial charge on any atom is -0.480 e. The van der Waals surface area contributed by atoms with Gasteiger partial charge in [0.25, 0.3) is 0 Å². The van der Waals surface area contributed by atoms with Crippen molar-refractivity contribution in [2.24, 2.45) is 0 Å². The number of nitrogens with one attached hydrogen (secondary N) is 1. The standard InChI is InChI=1S/C14H21N3O/c1-15-14(11-7-5-3-4-6-8-11)12-9-10-13(18-2)17-16-12/h7,9-10,14-15H,3-6,8H2,1-2H3. The molecule has 0 aromatic carbocycles. The zero-order chi connectivity index (χ0) is 12.8. The van der Waals surface area contributed by atoms with Gasteiger partial charge >= 0.3 is 0 Å². The Morgan fingerprint density at radius 1 is 1.22 bits per heavy atom. The minimum atomic E-state index is 0.182. The molecule has 0 aliphatic heterocycles. The third-order valence-corrected chi connectivity index (χ3v) is 3.40. The first kappa shape index (κ1) is 13.0. The fourth-order valence-electron chi connectivity index (χ4n) is 2.42. The molecular weight excluding hydrogens is 226 g/mol. The number of hydrogen-bond donors (Lipinski definition) is 1. The molecule has 0 saturated heterocycles. The predicted molar refractivity (Wildman–Crippen MR) is 71.6 cm³/mol. The zero-order valence-electron chi connectivity index (χ0n) is 11.1. The second-order valence-corrected chi connectivity index (χ2v) is 4.60. The monoisotopic (exact) mass is 247 g/mol. The van der Waals surface area contributed by atoms with Crippen molar-refractivity contribution in [1.82, 2.24) is 15.5 Å². The first-order valence-electron chi connectivity index (χ1n) is 6.59. The number of hydrogen-bond acceptors (Lipinski definition) is 4. The quantitative estimate of drug-likeness (QED) is 0.831. The van der Waals surface area contributed by atoms with Crippen LogP contribution in [0.5, 0.6) is 5.88 Å². The molecule has 1 N–H and O–H groups in total. The molecule has 1 heterocycles. The number of likely N-dealkylation sites (N-methyl/N-ethyl adjacent to an activating group) is 1. The van der Waals surface area contributed by atoms with E-state index in [1.54, 1.807) is 7.11 Å². The Morgan fingerprint density at radius 2 is 2.11 bits per heavy atom. The fraction of sp³-hybridized carbons (Fsp3) is 0.571. The van der Waals surface area contributed by atoms with Crippen molar-refractivity contribution in [3.05, 3.63) is 29.5 Å². The highest BCUT2D eigenvalue weighted by Crippen LogP contribution is 2.28. The molecule has 1 aromatic rings. The van der Waals surface area contributed by atoms with Crippen LogP contribution in [-0.4, -0.2) is 24.4 Å². The lowest BCUT2D eigenvalue weighted by Crippen LogP contribution is -2.20. The summed E-state index contributed by atoms with van der Waals surface area (Å²) in [6.45, 7) is 0. The maximum atomic E-state index is 5.04. The van der Waals surface area contributed by atoms with E-state index in [0.29, 0.717) is 5.88 Å². The van der Waals surface area contributed by atoms with Gasteiger partial charge in [-0.2, -0.15) is 0 Å². The largest absolute Gasteiger partial charge is 0.480 e. The van der Waals surface area contributed by atoms with Gasteiger partial charge in [-0.25, -0.2) is 0 Å². The Hall–Kier alpha value is -1.42. The summed E-state index contributed by atoms with van der Waals surface area (Å²) in [4.78, 5) is 0. The van der Waals surface area contributed by atoms with Crippen molar-refractivity contribution in [2.75, 3.05) is 14.2 Å². The molecule has 4 nitrogen and oxygen atoms in total. The van der Waals surface area contributed by atoms with E-state index < -0.39 is 0 Å². The van der Waals surface area contributed by atoms with Gasteiger partial charge in [0.2, 0.25) is 5.88 Å². The zero-order valence-corrected chi connectivity index (χ0v) is 11.1. The topological polar surface area (TPSA) is 47.0 Å². The van der Waals surface area contributed by atoms with E-state index in [-0.39, 0.29) is 6.04 Å². The van der Waals surface area contributed by atoms with Crippen LogP contribution < -0.4 is 10.1 Å².